The van der Waals surface area contributed by atoms with Crippen LogP contribution in [-0.2, 0) is 4.79 Å². The Hall–Kier alpha value is -4.08. The van der Waals surface area contributed by atoms with E-state index in [2.05, 4.69) is 16.0 Å². The molecule has 10 nitrogen and oxygen atoms in total. The first-order chi connectivity index (χ1) is 14.2. The quantitative estimate of drug-likeness (QED) is 0.439. The third-order valence-corrected chi connectivity index (χ3v) is 4.75. The second kappa shape index (κ2) is 8.11. The number of amides is 3. The standard InChI is InChI=1S/C20H20N4O6/c1-10-6-4-5-7-13(10)22-19(26)15-11(2)21-20(27)23-16(15)12-8-9-14(25)18(30-3)17(12)24(28)29/h4-9,16,25H,1-3H3,(H,22,26)(H2,21,23,27)/t16-/m0/s1. The summed E-state index contributed by atoms with van der Waals surface area (Å²) in [5.74, 6) is -1.33. The first-order valence-corrected chi connectivity index (χ1v) is 8.94. The van der Waals surface area contributed by atoms with Crippen molar-refractivity contribution in [1.29, 1.82) is 0 Å². The van der Waals surface area contributed by atoms with Gasteiger partial charge in [0, 0.05) is 11.4 Å². The molecule has 0 saturated heterocycles. The highest BCUT2D eigenvalue weighted by atomic mass is 16.6. The van der Waals surface area contributed by atoms with Gasteiger partial charge in [-0.2, -0.15) is 0 Å². The van der Waals surface area contributed by atoms with E-state index in [4.69, 9.17) is 4.74 Å². The van der Waals surface area contributed by atoms with Crippen LogP contribution in [0.2, 0.25) is 0 Å². The van der Waals surface area contributed by atoms with Crippen molar-refractivity contribution in [3.8, 4) is 11.5 Å². The monoisotopic (exact) mass is 412 g/mol. The van der Waals surface area contributed by atoms with Gasteiger partial charge in [-0.25, -0.2) is 4.79 Å². The molecule has 3 rings (SSSR count). The van der Waals surface area contributed by atoms with Gasteiger partial charge in [-0.05, 0) is 37.6 Å². The normalized spacial score (nSPS) is 15.8. The lowest BCUT2D eigenvalue weighted by atomic mass is 9.93. The average Bonchev–Trinajstić information content (AvgIpc) is 2.68. The molecule has 0 saturated carbocycles. The van der Waals surface area contributed by atoms with Crippen LogP contribution >= 0.6 is 0 Å². The maximum Gasteiger partial charge on any atom is 0.320 e. The number of carbonyl (C=O) groups excluding carboxylic acids is 2. The van der Waals surface area contributed by atoms with E-state index in [-0.39, 0.29) is 22.6 Å². The molecule has 10 heteroatoms. The summed E-state index contributed by atoms with van der Waals surface area (Å²) in [6, 6.07) is 7.86. The fraction of sp³-hybridized carbons (Fsp3) is 0.200. The van der Waals surface area contributed by atoms with Crippen molar-refractivity contribution < 1.29 is 24.4 Å². The lowest BCUT2D eigenvalue weighted by Gasteiger charge is -2.28. The van der Waals surface area contributed by atoms with Gasteiger partial charge < -0.3 is 25.8 Å². The molecule has 4 N–H and O–H groups in total. The molecule has 1 aliphatic rings. The van der Waals surface area contributed by atoms with Gasteiger partial charge in [0.1, 0.15) is 0 Å². The van der Waals surface area contributed by atoms with E-state index in [1.807, 2.05) is 19.1 Å². The molecule has 0 radical (unpaired) electrons. The Morgan fingerprint density at radius 2 is 1.93 bits per heavy atom. The van der Waals surface area contributed by atoms with E-state index >= 15 is 0 Å². The minimum atomic E-state index is -1.14. The van der Waals surface area contributed by atoms with Crippen LogP contribution < -0.4 is 20.7 Å². The number of phenols is 1. The van der Waals surface area contributed by atoms with Crippen LogP contribution in [0.1, 0.15) is 24.1 Å². The molecule has 156 valence electrons. The zero-order valence-electron chi connectivity index (χ0n) is 16.5. The van der Waals surface area contributed by atoms with Gasteiger partial charge in [0.15, 0.2) is 5.75 Å². The predicted octanol–water partition coefficient (Wildman–Crippen LogP) is 2.88. The van der Waals surface area contributed by atoms with Crippen LogP contribution in [-0.4, -0.2) is 29.1 Å². The zero-order chi connectivity index (χ0) is 22.0. The van der Waals surface area contributed by atoms with Crippen molar-refractivity contribution in [2.75, 3.05) is 12.4 Å². The molecular formula is C20H20N4O6. The van der Waals surface area contributed by atoms with Gasteiger partial charge >= 0.3 is 11.7 Å². The number of methoxy groups -OCH3 is 1. The average molecular weight is 412 g/mol. The number of phenolic OH excluding ortho intramolecular Hbond substituents is 1. The maximum absolute atomic E-state index is 13.1. The molecule has 3 amide bonds. The number of para-hydroxylation sites is 1. The minimum absolute atomic E-state index is 0.00113. The number of aryl methyl sites for hydroxylation is 1. The topological polar surface area (TPSA) is 143 Å². The van der Waals surface area contributed by atoms with Gasteiger partial charge in [0.05, 0.1) is 29.2 Å². The Kier molecular flexibility index (Phi) is 5.58. The van der Waals surface area contributed by atoms with Gasteiger partial charge in [-0.3, -0.25) is 14.9 Å². The zero-order valence-corrected chi connectivity index (χ0v) is 16.5. The summed E-state index contributed by atoms with van der Waals surface area (Å²) in [4.78, 5) is 36.2. The second-order valence-corrected chi connectivity index (χ2v) is 6.65. The van der Waals surface area contributed by atoms with Crippen molar-refractivity contribution >= 4 is 23.3 Å². The summed E-state index contributed by atoms with van der Waals surface area (Å²) in [5.41, 5.74) is 1.18. The molecule has 0 aromatic heterocycles. The van der Waals surface area contributed by atoms with Gasteiger partial charge in [-0.1, -0.05) is 18.2 Å². The number of urea groups is 1. The molecule has 30 heavy (non-hydrogen) atoms. The van der Waals surface area contributed by atoms with E-state index in [9.17, 15) is 24.8 Å². The number of anilines is 1. The second-order valence-electron chi connectivity index (χ2n) is 6.65. The van der Waals surface area contributed by atoms with E-state index in [1.165, 1.54) is 26.2 Å². The Labute approximate surface area is 171 Å². The van der Waals surface area contributed by atoms with E-state index in [1.54, 1.807) is 12.1 Å². The van der Waals surface area contributed by atoms with Crippen LogP contribution in [0.5, 0.6) is 11.5 Å². The summed E-state index contributed by atoms with van der Waals surface area (Å²) in [7, 11) is 1.18. The largest absolute Gasteiger partial charge is 0.504 e. The number of nitro groups is 1. The number of allylic oxidation sites excluding steroid dienone is 1. The van der Waals surface area contributed by atoms with Crippen LogP contribution in [0.25, 0.3) is 0 Å². The van der Waals surface area contributed by atoms with Crippen LogP contribution in [0.15, 0.2) is 47.7 Å². The molecule has 0 unspecified atom stereocenters. The highest BCUT2D eigenvalue weighted by Gasteiger charge is 2.37. The summed E-state index contributed by atoms with van der Waals surface area (Å²) in [5, 5.41) is 29.5. The van der Waals surface area contributed by atoms with Crippen molar-refractivity contribution in [2.45, 2.75) is 19.9 Å². The Morgan fingerprint density at radius 3 is 2.57 bits per heavy atom. The molecule has 1 atom stereocenters. The number of nitrogens with zero attached hydrogens (tertiary/aromatic N) is 1. The Balaban J connectivity index is 2.12. The van der Waals surface area contributed by atoms with Crippen LogP contribution in [0.4, 0.5) is 16.2 Å². The molecule has 1 heterocycles. The number of rotatable bonds is 5. The summed E-state index contributed by atoms with van der Waals surface area (Å²) < 4.78 is 4.99. The molecule has 1 aliphatic heterocycles. The van der Waals surface area contributed by atoms with Crippen molar-refractivity contribution in [1.82, 2.24) is 10.6 Å². The SMILES string of the molecule is COc1c(O)ccc([C@@H]2NC(=O)NC(C)=C2C(=O)Nc2ccccc2C)c1[N+](=O)[O-]. The number of hydrogen-bond acceptors (Lipinski definition) is 6. The summed E-state index contributed by atoms with van der Waals surface area (Å²) in [6.45, 7) is 3.35. The number of aromatic hydroxyl groups is 1. The third-order valence-electron chi connectivity index (χ3n) is 4.75. The van der Waals surface area contributed by atoms with Crippen molar-refractivity contribution in [2.24, 2.45) is 0 Å². The predicted molar refractivity (Wildman–Crippen MR) is 108 cm³/mol. The molecular weight excluding hydrogens is 392 g/mol. The van der Waals surface area contributed by atoms with E-state index < -0.39 is 34.3 Å². The summed E-state index contributed by atoms with van der Waals surface area (Å²) in [6.07, 6.45) is 0. The minimum Gasteiger partial charge on any atom is -0.504 e. The molecule has 0 fully saturated rings. The first-order valence-electron chi connectivity index (χ1n) is 8.94. The van der Waals surface area contributed by atoms with Crippen molar-refractivity contribution in [3.63, 3.8) is 0 Å². The Morgan fingerprint density at radius 1 is 1.23 bits per heavy atom. The lowest BCUT2D eigenvalue weighted by molar-refractivity contribution is -0.386. The van der Waals surface area contributed by atoms with Crippen LogP contribution in [0, 0.1) is 17.0 Å². The summed E-state index contributed by atoms with van der Waals surface area (Å²) >= 11 is 0. The molecule has 2 aromatic carbocycles. The fourth-order valence-corrected chi connectivity index (χ4v) is 3.33. The number of carbonyl (C=O) groups is 2. The first kappa shape index (κ1) is 20.6. The van der Waals surface area contributed by atoms with E-state index in [0.717, 1.165) is 5.56 Å². The smallest absolute Gasteiger partial charge is 0.320 e. The van der Waals surface area contributed by atoms with E-state index in [0.29, 0.717) is 5.69 Å². The number of ether oxygens (including phenoxy) is 1. The number of benzene rings is 2. The highest BCUT2D eigenvalue weighted by Crippen LogP contribution is 2.43. The molecule has 0 spiro atoms. The van der Waals surface area contributed by atoms with Gasteiger partial charge in [0.2, 0.25) is 5.75 Å². The molecule has 2 aromatic rings. The van der Waals surface area contributed by atoms with Gasteiger partial charge in [0.25, 0.3) is 5.91 Å². The van der Waals surface area contributed by atoms with Crippen molar-refractivity contribution in [3.05, 3.63) is 68.9 Å². The van der Waals surface area contributed by atoms with Gasteiger partial charge in [-0.15, -0.1) is 0 Å². The highest BCUT2D eigenvalue weighted by molar-refractivity contribution is 6.07. The van der Waals surface area contributed by atoms with Crippen LogP contribution in [0.3, 0.4) is 0 Å². The maximum atomic E-state index is 13.1. The lowest BCUT2D eigenvalue weighted by Crippen LogP contribution is -2.46. The Bertz CT molecular complexity index is 1080. The number of nitro benzene ring substituents is 1. The molecule has 0 aliphatic carbocycles. The molecule has 0 bridgehead atoms. The number of hydrogen-bond donors (Lipinski definition) is 4. The number of nitrogens with one attached hydrogen (secondary N) is 3. The fourth-order valence-electron chi connectivity index (χ4n) is 3.33. The third kappa shape index (κ3) is 3.75.